The van der Waals surface area contributed by atoms with Gasteiger partial charge in [0.25, 0.3) is 5.91 Å². The zero-order valence-electron chi connectivity index (χ0n) is 16.2. The number of nitrogens with zero attached hydrogens (tertiary/aromatic N) is 3. The summed E-state index contributed by atoms with van der Waals surface area (Å²) in [6.07, 6.45) is 5.43. The number of rotatable bonds is 3. The number of aromatic amines is 1. The fraction of sp³-hybridized carbons (Fsp3) is 0.238. The van der Waals surface area contributed by atoms with Gasteiger partial charge in [-0.3, -0.25) is 14.7 Å². The van der Waals surface area contributed by atoms with E-state index in [2.05, 4.69) is 39.3 Å². The van der Waals surface area contributed by atoms with Crippen LogP contribution in [-0.2, 0) is 16.1 Å². The van der Waals surface area contributed by atoms with Crippen molar-refractivity contribution < 1.29 is 24.6 Å². The Kier molecular flexibility index (Phi) is 6.76. The molecule has 0 atom stereocenters. The number of carbonyl (C=O) groups is 3. The molecule has 3 heterocycles. The summed E-state index contributed by atoms with van der Waals surface area (Å²) in [6, 6.07) is 11.9. The smallest absolute Gasteiger partial charge is 0.414 e. The van der Waals surface area contributed by atoms with E-state index in [1.54, 1.807) is 24.5 Å². The lowest BCUT2D eigenvalue weighted by atomic mass is 10.1. The number of carboxylic acid groups (broad SMARTS) is 2. The summed E-state index contributed by atoms with van der Waals surface area (Å²) in [5.41, 5.74) is 3.22. The zero-order chi connectivity index (χ0) is 21.5. The van der Waals surface area contributed by atoms with Gasteiger partial charge < -0.3 is 20.1 Å². The number of nitrogens with one attached hydrogen (secondary N) is 1. The number of carboxylic acids is 2. The van der Waals surface area contributed by atoms with Crippen LogP contribution in [0.4, 0.5) is 0 Å². The minimum atomic E-state index is -1.82. The Morgan fingerprint density at radius 3 is 2.20 bits per heavy atom. The molecule has 0 bridgehead atoms. The summed E-state index contributed by atoms with van der Waals surface area (Å²) < 4.78 is 0. The van der Waals surface area contributed by atoms with E-state index in [1.807, 2.05) is 11.0 Å². The molecule has 0 aliphatic carbocycles. The quantitative estimate of drug-likeness (QED) is 0.561. The van der Waals surface area contributed by atoms with Gasteiger partial charge in [-0.2, -0.15) is 0 Å². The molecule has 0 radical (unpaired) electrons. The van der Waals surface area contributed by atoms with Gasteiger partial charge in [0.1, 0.15) is 0 Å². The summed E-state index contributed by atoms with van der Waals surface area (Å²) in [5, 5.41) is 16.1. The Bertz CT molecular complexity index is 1010. The van der Waals surface area contributed by atoms with E-state index < -0.39 is 11.9 Å². The largest absolute Gasteiger partial charge is 0.473 e. The SMILES string of the molecule is O=C(O)C(=O)O.O=C(c1ccncc1)N1CCN(Cc2c[nH]c3ccccc23)CC1. The second kappa shape index (κ2) is 9.66. The molecule has 9 nitrogen and oxygen atoms in total. The molecule has 0 unspecified atom stereocenters. The first-order valence-corrected chi connectivity index (χ1v) is 9.38. The minimum Gasteiger partial charge on any atom is -0.473 e. The molecule has 1 aliphatic rings. The number of aliphatic carboxylic acids is 2. The van der Waals surface area contributed by atoms with Gasteiger partial charge in [-0.15, -0.1) is 0 Å². The summed E-state index contributed by atoms with van der Waals surface area (Å²) in [7, 11) is 0. The molecule has 1 saturated heterocycles. The fourth-order valence-corrected chi connectivity index (χ4v) is 3.29. The summed E-state index contributed by atoms with van der Waals surface area (Å²) in [6.45, 7) is 4.25. The van der Waals surface area contributed by atoms with E-state index in [0.29, 0.717) is 0 Å². The summed E-state index contributed by atoms with van der Waals surface area (Å²) in [5.74, 6) is -3.55. The third kappa shape index (κ3) is 5.21. The number of benzene rings is 1. The van der Waals surface area contributed by atoms with Crippen LogP contribution in [0.2, 0.25) is 0 Å². The molecule has 0 spiro atoms. The lowest BCUT2D eigenvalue weighted by Gasteiger charge is -2.34. The van der Waals surface area contributed by atoms with Crippen LogP contribution in [0.15, 0.2) is 55.0 Å². The molecular weight excluding hydrogens is 388 g/mol. The van der Waals surface area contributed by atoms with Crippen LogP contribution in [0, 0.1) is 0 Å². The molecule has 1 fully saturated rings. The highest BCUT2D eigenvalue weighted by molar-refractivity contribution is 6.27. The van der Waals surface area contributed by atoms with Crippen molar-refractivity contribution in [3.05, 3.63) is 66.1 Å². The number of amides is 1. The molecule has 1 aliphatic heterocycles. The molecule has 30 heavy (non-hydrogen) atoms. The Morgan fingerprint density at radius 1 is 0.933 bits per heavy atom. The molecule has 0 saturated carbocycles. The van der Waals surface area contributed by atoms with Gasteiger partial charge in [0, 0.05) is 67.8 Å². The minimum absolute atomic E-state index is 0.101. The summed E-state index contributed by atoms with van der Waals surface area (Å²) >= 11 is 0. The number of H-pyrrole nitrogens is 1. The number of piperazine rings is 1. The average molecular weight is 410 g/mol. The van der Waals surface area contributed by atoms with Gasteiger partial charge >= 0.3 is 11.9 Å². The van der Waals surface area contributed by atoms with E-state index >= 15 is 0 Å². The number of carbonyl (C=O) groups excluding carboxylic acids is 1. The standard InChI is InChI=1S/C19H20N4O.C2H2O4/c24-19(15-5-7-20-8-6-15)23-11-9-22(10-12-23)14-16-13-21-18-4-2-1-3-17(16)18;3-1(4)2(5)6/h1-8,13,21H,9-12,14H2;(H,3,4)(H,5,6). The lowest BCUT2D eigenvalue weighted by Crippen LogP contribution is -2.48. The Labute approximate surface area is 172 Å². The Balaban J connectivity index is 0.000000377. The maximum Gasteiger partial charge on any atom is 0.414 e. The second-order valence-corrected chi connectivity index (χ2v) is 6.77. The highest BCUT2D eigenvalue weighted by atomic mass is 16.4. The highest BCUT2D eigenvalue weighted by Gasteiger charge is 2.22. The first-order chi connectivity index (χ1) is 14.5. The van der Waals surface area contributed by atoms with Crippen molar-refractivity contribution in [2.75, 3.05) is 26.2 Å². The van der Waals surface area contributed by atoms with Crippen molar-refractivity contribution in [2.45, 2.75) is 6.54 Å². The van der Waals surface area contributed by atoms with Gasteiger partial charge in [-0.1, -0.05) is 18.2 Å². The van der Waals surface area contributed by atoms with Crippen molar-refractivity contribution in [3.8, 4) is 0 Å². The van der Waals surface area contributed by atoms with Crippen LogP contribution in [0.3, 0.4) is 0 Å². The number of para-hydroxylation sites is 1. The van der Waals surface area contributed by atoms with Gasteiger partial charge in [0.15, 0.2) is 0 Å². The van der Waals surface area contributed by atoms with E-state index in [-0.39, 0.29) is 5.91 Å². The van der Waals surface area contributed by atoms with E-state index in [4.69, 9.17) is 19.8 Å². The molecule has 2 aromatic heterocycles. The second-order valence-electron chi connectivity index (χ2n) is 6.77. The average Bonchev–Trinajstić information content (AvgIpc) is 3.18. The van der Waals surface area contributed by atoms with Crippen LogP contribution in [-0.4, -0.2) is 74.0 Å². The molecule has 1 amide bonds. The summed E-state index contributed by atoms with van der Waals surface area (Å²) in [4.78, 5) is 42.3. The lowest BCUT2D eigenvalue weighted by molar-refractivity contribution is -0.159. The fourth-order valence-electron chi connectivity index (χ4n) is 3.29. The van der Waals surface area contributed by atoms with E-state index in [0.717, 1.165) is 38.3 Å². The predicted octanol–water partition coefficient (Wildman–Crippen LogP) is 1.68. The van der Waals surface area contributed by atoms with Gasteiger partial charge in [0.2, 0.25) is 0 Å². The van der Waals surface area contributed by atoms with Crippen molar-refractivity contribution in [1.82, 2.24) is 19.8 Å². The predicted molar refractivity (Wildman–Crippen MR) is 109 cm³/mol. The maximum atomic E-state index is 12.5. The number of fused-ring (bicyclic) bond motifs is 1. The van der Waals surface area contributed by atoms with Crippen LogP contribution in [0.1, 0.15) is 15.9 Å². The molecule has 3 N–H and O–H groups in total. The molecule has 156 valence electrons. The molecule has 4 rings (SSSR count). The van der Waals surface area contributed by atoms with Crippen LogP contribution >= 0.6 is 0 Å². The van der Waals surface area contributed by atoms with Gasteiger partial charge in [0.05, 0.1) is 0 Å². The number of hydrogen-bond acceptors (Lipinski definition) is 5. The Hall–Kier alpha value is -3.72. The van der Waals surface area contributed by atoms with Crippen LogP contribution < -0.4 is 0 Å². The molecule has 3 aromatic rings. The van der Waals surface area contributed by atoms with Crippen LogP contribution in [0.25, 0.3) is 10.9 Å². The van der Waals surface area contributed by atoms with Crippen molar-refractivity contribution in [2.24, 2.45) is 0 Å². The van der Waals surface area contributed by atoms with Crippen LogP contribution in [0.5, 0.6) is 0 Å². The van der Waals surface area contributed by atoms with E-state index in [1.165, 1.54) is 16.5 Å². The highest BCUT2D eigenvalue weighted by Crippen LogP contribution is 2.20. The number of hydrogen-bond donors (Lipinski definition) is 3. The first kappa shape index (κ1) is 21.0. The van der Waals surface area contributed by atoms with Crippen molar-refractivity contribution in [3.63, 3.8) is 0 Å². The zero-order valence-corrected chi connectivity index (χ0v) is 16.2. The van der Waals surface area contributed by atoms with E-state index in [9.17, 15) is 4.79 Å². The Morgan fingerprint density at radius 2 is 1.57 bits per heavy atom. The number of aromatic nitrogens is 2. The third-order valence-corrected chi connectivity index (χ3v) is 4.84. The van der Waals surface area contributed by atoms with Crippen molar-refractivity contribution in [1.29, 1.82) is 0 Å². The number of pyridine rings is 1. The van der Waals surface area contributed by atoms with Gasteiger partial charge in [-0.25, -0.2) is 9.59 Å². The van der Waals surface area contributed by atoms with Gasteiger partial charge in [-0.05, 0) is 23.8 Å². The first-order valence-electron chi connectivity index (χ1n) is 9.38. The molecule has 9 heteroatoms. The normalized spacial score (nSPS) is 14.1. The molecule has 1 aromatic carbocycles. The van der Waals surface area contributed by atoms with Crippen molar-refractivity contribution >= 4 is 28.7 Å². The monoisotopic (exact) mass is 410 g/mol. The maximum absolute atomic E-state index is 12.5. The topological polar surface area (TPSA) is 127 Å². The molecular formula is C21H22N4O5. The third-order valence-electron chi connectivity index (χ3n) is 4.84.